The fourth-order valence-corrected chi connectivity index (χ4v) is 3.56. The normalized spacial score (nSPS) is 19.6. The molecule has 1 saturated carbocycles. The molecule has 2 fully saturated rings. The Kier molecular flexibility index (Phi) is 4.83. The monoisotopic (exact) mass is 429 g/mol. The molecule has 3 aromatic rings. The highest BCUT2D eigenvalue weighted by molar-refractivity contribution is 6.32. The fourth-order valence-electron chi connectivity index (χ4n) is 3.36. The van der Waals surface area contributed by atoms with Gasteiger partial charge in [0.2, 0.25) is 5.88 Å². The van der Waals surface area contributed by atoms with Crippen LogP contribution in [0.3, 0.4) is 0 Å². The van der Waals surface area contributed by atoms with E-state index in [2.05, 4.69) is 25.6 Å². The van der Waals surface area contributed by atoms with E-state index in [9.17, 15) is 4.39 Å². The molecule has 2 N–H and O–H groups in total. The smallest absolute Gasteiger partial charge is 0.214 e. The Bertz CT molecular complexity index is 1100. The third-order valence-electron chi connectivity index (χ3n) is 5.37. The third kappa shape index (κ3) is 3.85. The lowest BCUT2D eigenvalue weighted by atomic mass is 10.2. The first-order chi connectivity index (χ1) is 14.5. The number of hydrogen-bond donors (Lipinski definition) is 2. The Morgan fingerprint density at radius 2 is 2.10 bits per heavy atom. The molecule has 2 aromatic heterocycles. The van der Waals surface area contributed by atoms with E-state index < -0.39 is 5.82 Å². The molecule has 0 amide bonds. The van der Waals surface area contributed by atoms with Crippen LogP contribution in [0.25, 0.3) is 11.0 Å². The zero-order valence-electron chi connectivity index (χ0n) is 16.4. The van der Waals surface area contributed by atoms with Crippen LogP contribution in [0.1, 0.15) is 26.2 Å². The summed E-state index contributed by atoms with van der Waals surface area (Å²) in [5.74, 6) is 0.586. The maximum Gasteiger partial charge on any atom is 0.214 e. The molecule has 0 bridgehead atoms. The molecule has 7 nitrogen and oxygen atoms in total. The van der Waals surface area contributed by atoms with Crippen LogP contribution in [0, 0.1) is 5.82 Å². The Labute approximate surface area is 178 Å². The molecule has 0 unspecified atom stereocenters. The third-order valence-corrected chi connectivity index (χ3v) is 5.72. The van der Waals surface area contributed by atoms with Crippen LogP contribution in [-0.4, -0.2) is 39.7 Å². The number of fused-ring (bicyclic) bond motifs is 1. The van der Waals surface area contributed by atoms with Crippen LogP contribution in [0.2, 0.25) is 5.02 Å². The number of rotatable bonds is 6. The van der Waals surface area contributed by atoms with E-state index in [-0.39, 0.29) is 22.4 Å². The number of benzene rings is 1. The molecule has 1 atom stereocenters. The average molecular weight is 430 g/mol. The summed E-state index contributed by atoms with van der Waals surface area (Å²) in [5.41, 5.74) is 1.05. The van der Waals surface area contributed by atoms with Crippen LogP contribution >= 0.6 is 11.6 Å². The van der Waals surface area contributed by atoms with Gasteiger partial charge in [0, 0.05) is 12.6 Å². The summed E-state index contributed by atoms with van der Waals surface area (Å²) < 4.78 is 26.7. The summed E-state index contributed by atoms with van der Waals surface area (Å²) in [6, 6.07) is 6.83. The summed E-state index contributed by atoms with van der Waals surface area (Å²) in [4.78, 5) is 13.0. The minimum atomic E-state index is -0.602. The summed E-state index contributed by atoms with van der Waals surface area (Å²) in [6.07, 6.45) is 4.27. The van der Waals surface area contributed by atoms with Crippen molar-refractivity contribution in [3.63, 3.8) is 0 Å². The molecular weight excluding hydrogens is 409 g/mol. The number of nitrogens with zero attached hydrogens (tertiary/aromatic N) is 3. The molecule has 1 aromatic carbocycles. The molecule has 1 aliphatic carbocycles. The van der Waals surface area contributed by atoms with Gasteiger partial charge in [-0.15, -0.1) is 0 Å². The second kappa shape index (κ2) is 7.52. The summed E-state index contributed by atoms with van der Waals surface area (Å²) >= 11 is 6.22. The first-order valence-corrected chi connectivity index (χ1v) is 10.3. The van der Waals surface area contributed by atoms with Crippen molar-refractivity contribution in [3.8, 4) is 11.6 Å². The Morgan fingerprint density at radius 3 is 2.87 bits per heavy atom. The van der Waals surface area contributed by atoms with Gasteiger partial charge in [-0.25, -0.2) is 19.3 Å². The molecular formula is C21H21ClFN5O2. The van der Waals surface area contributed by atoms with Crippen molar-refractivity contribution in [1.29, 1.82) is 0 Å². The lowest BCUT2D eigenvalue weighted by Gasteiger charge is -2.16. The number of ether oxygens (including phenoxy) is 2. The van der Waals surface area contributed by atoms with Gasteiger partial charge in [-0.2, -0.15) is 0 Å². The van der Waals surface area contributed by atoms with Gasteiger partial charge in [0.25, 0.3) is 0 Å². The second-order valence-corrected chi connectivity index (χ2v) is 8.27. The average Bonchev–Trinajstić information content (AvgIpc) is 3.24. The predicted octanol–water partition coefficient (Wildman–Crippen LogP) is 4.23. The van der Waals surface area contributed by atoms with E-state index in [0.717, 1.165) is 32.4 Å². The quantitative estimate of drug-likeness (QED) is 0.606. The number of hydrogen-bond acceptors (Lipinski definition) is 7. The molecule has 0 spiro atoms. The molecule has 5 rings (SSSR count). The van der Waals surface area contributed by atoms with E-state index in [0.29, 0.717) is 28.5 Å². The minimum Gasteiger partial charge on any atom is -0.486 e. The van der Waals surface area contributed by atoms with Crippen LogP contribution < -0.4 is 20.1 Å². The Balaban J connectivity index is 1.43. The fraction of sp³-hybridized carbons (Fsp3) is 0.381. The van der Waals surface area contributed by atoms with Crippen molar-refractivity contribution in [1.82, 2.24) is 20.3 Å². The topological polar surface area (TPSA) is 81.2 Å². The van der Waals surface area contributed by atoms with E-state index >= 15 is 0 Å². The number of nitrogens with one attached hydrogen (secondary N) is 2. The van der Waals surface area contributed by atoms with Gasteiger partial charge < -0.3 is 20.1 Å². The number of aromatic nitrogens is 3. The summed E-state index contributed by atoms with van der Waals surface area (Å²) in [6.45, 7) is 3.69. The van der Waals surface area contributed by atoms with E-state index in [1.807, 2.05) is 13.0 Å². The Hall–Kier alpha value is -2.71. The first-order valence-electron chi connectivity index (χ1n) is 9.94. The number of pyridine rings is 1. The lowest BCUT2D eigenvalue weighted by molar-refractivity contribution is 0.200. The molecule has 3 heterocycles. The van der Waals surface area contributed by atoms with Gasteiger partial charge in [-0.3, -0.25) is 0 Å². The zero-order chi connectivity index (χ0) is 20.7. The minimum absolute atomic E-state index is 0.0581. The summed E-state index contributed by atoms with van der Waals surface area (Å²) in [7, 11) is 0. The predicted molar refractivity (Wildman–Crippen MR) is 112 cm³/mol. The molecule has 0 radical (unpaired) electrons. The van der Waals surface area contributed by atoms with Crippen LogP contribution in [0.5, 0.6) is 11.6 Å². The van der Waals surface area contributed by atoms with Crippen LogP contribution in [0.4, 0.5) is 15.9 Å². The second-order valence-electron chi connectivity index (χ2n) is 7.89. The number of halogens is 2. The van der Waals surface area contributed by atoms with Crippen molar-refractivity contribution < 1.29 is 13.9 Å². The highest BCUT2D eigenvalue weighted by Crippen LogP contribution is 2.43. The van der Waals surface area contributed by atoms with Gasteiger partial charge in [-0.1, -0.05) is 11.6 Å². The van der Waals surface area contributed by atoms with Gasteiger partial charge in [0.15, 0.2) is 11.6 Å². The van der Waals surface area contributed by atoms with Gasteiger partial charge in [-0.05, 0) is 50.9 Å². The molecule has 9 heteroatoms. The zero-order valence-corrected chi connectivity index (χ0v) is 17.2. The first kappa shape index (κ1) is 19.3. The van der Waals surface area contributed by atoms with Crippen molar-refractivity contribution in [3.05, 3.63) is 41.4 Å². The Morgan fingerprint density at radius 1 is 1.23 bits per heavy atom. The van der Waals surface area contributed by atoms with Gasteiger partial charge in [0.05, 0.1) is 11.2 Å². The lowest BCUT2D eigenvalue weighted by Crippen LogP contribution is -2.20. The molecule has 1 saturated heterocycles. The molecule has 30 heavy (non-hydrogen) atoms. The van der Waals surface area contributed by atoms with Crippen molar-refractivity contribution in [2.75, 3.05) is 18.4 Å². The molecule has 2 aliphatic rings. The highest BCUT2D eigenvalue weighted by atomic mass is 35.5. The molecule has 1 aliphatic heterocycles. The van der Waals surface area contributed by atoms with Crippen LogP contribution in [-0.2, 0) is 0 Å². The number of anilines is 2. The van der Waals surface area contributed by atoms with Crippen molar-refractivity contribution in [2.45, 2.75) is 37.9 Å². The maximum atomic E-state index is 14.9. The van der Waals surface area contributed by atoms with Crippen molar-refractivity contribution in [2.24, 2.45) is 0 Å². The SMILES string of the molecule is CC1(Oc2ccc(Nc3ncnc4ccc(O[C@H]5CCNC5)nc34)c(F)c2Cl)CC1. The highest BCUT2D eigenvalue weighted by Gasteiger charge is 2.40. The van der Waals surface area contributed by atoms with E-state index in [1.54, 1.807) is 18.2 Å². The summed E-state index contributed by atoms with van der Waals surface area (Å²) in [5, 5.41) is 6.18. The van der Waals surface area contributed by atoms with Crippen LogP contribution in [0.15, 0.2) is 30.6 Å². The standard InChI is InChI=1S/C21H21ClFN5O2/c1-21(7-8-21)30-15-4-2-13(18(23)17(15)22)27-20-19-14(25-11-26-20)3-5-16(28-19)29-12-6-9-24-10-12/h2-5,11-12,24H,6-10H2,1H3,(H,25,26,27)/t12-/m0/s1. The van der Waals surface area contributed by atoms with E-state index in [1.165, 1.54) is 6.33 Å². The molecule has 156 valence electrons. The largest absolute Gasteiger partial charge is 0.486 e. The van der Waals surface area contributed by atoms with Gasteiger partial charge in [0.1, 0.15) is 34.3 Å². The van der Waals surface area contributed by atoms with Crippen molar-refractivity contribution >= 4 is 34.1 Å². The van der Waals surface area contributed by atoms with Gasteiger partial charge >= 0.3 is 0 Å². The maximum absolute atomic E-state index is 14.9. The van der Waals surface area contributed by atoms with E-state index in [4.69, 9.17) is 21.1 Å².